The van der Waals surface area contributed by atoms with Gasteiger partial charge >= 0.3 is 0 Å². The normalized spacial score (nSPS) is 22.4. The van der Waals surface area contributed by atoms with Crippen molar-refractivity contribution in [3.05, 3.63) is 24.0 Å². The number of hydrogen-bond donors (Lipinski definition) is 2. The summed E-state index contributed by atoms with van der Waals surface area (Å²) >= 11 is 0. The summed E-state index contributed by atoms with van der Waals surface area (Å²) < 4.78 is 0. The van der Waals surface area contributed by atoms with Gasteiger partial charge in [0.25, 0.3) is 5.91 Å². The number of carbonyl (C=O) groups is 1. The monoisotopic (exact) mass is 283 g/mol. The molecule has 3 N–H and O–H groups in total. The molecule has 0 unspecified atom stereocenters. The summed E-state index contributed by atoms with van der Waals surface area (Å²) in [5.74, 6) is 0.738. The molecule has 2 rings (SSSR count). The molecule has 0 aliphatic heterocycles. The third-order valence-electron chi connectivity index (χ3n) is 3.86. The van der Waals surface area contributed by atoms with Crippen molar-refractivity contribution in [2.45, 2.75) is 45.1 Å². The van der Waals surface area contributed by atoms with E-state index in [4.69, 9.17) is 5.73 Å². The van der Waals surface area contributed by atoms with Gasteiger partial charge in [-0.3, -0.25) is 9.78 Å². The zero-order chi connectivity index (χ0) is 13.0. The summed E-state index contributed by atoms with van der Waals surface area (Å²) in [6.45, 7) is 2.24. The molecule has 106 valence electrons. The maximum atomic E-state index is 12.1. The Labute approximate surface area is 120 Å². The van der Waals surface area contributed by atoms with E-state index in [2.05, 4.69) is 17.2 Å². The first-order chi connectivity index (χ1) is 8.70. The number of nitrogens with one attached hydrogen (secondary N) is 1. The van der Waals surface area contributed by atoms with Gasteiger partial charge in [0, 0.05) is 24.1 Å². The zero-order valence-corrected chi connectivity index (χ0v) is 12.1. The maximum Gasteiger partial charge on any atom is 0.255 e. The van der Waals surface area contributed by atoms with Gasteiger partial charge in [-0.05, 0) is 37.7 Å². The molecule has 1 aromatic rings. The van der Waals surface area contributed by atoms with Crippen molar-refractivity contribution in [3.63, 3.8) is 0 Å². The van der Waals surface area contributed by atoms with Crippen LogP contribution in [0.2, 0.25) is 0 Å². The lowest BCUT2D eigenvalue weighted by molar-refractivity contribution is 0.0922. The molecule has 0 spiro atoms. The van der Waals surface area contributed by atoms with Crippen LogP contribution in [0.4, 0.5) is 5.69 Å². The van der Waals surface area contributed by atoms with Crippen LogP contribution in [0.5, 0.6) is 0 Å². The Morgan fingerprint density at radius 1 is 1.42 bits per heavy atom. The molecular weight excluding hydrogens is 262 g/mol. The fraction of sp³-hybridized carbons (Fsp3) is 0.571. The molecule has 5 heteroatoms. The highest BCUT2D eigenvalue weighted by atomic mass is 35.5. The number of pyridine rings is 1. The molecule has 1 fully saturated rings. The lowest BCUT2D eigenvalue weighted by Crippen LogP contribution is -2.37. The SMILES string of the molecule is CCC1CCC(NC(=O)c2cnccc2N)CC1.Cl. The van der Waals surface area contributed by atoms with E-state index < -0.39 is 0 Å². The molecule has 0 saturated heterocycles. The second-order valence-electron chi connectivity index (χ2n) is 5.06. The Morgan fingerprint density at radius 2 is 2.11 bits per heavy atom. The van der Waals surface area contributed by atoms with Crippen molar-refractivity contribution in [3.8, 4) is 0 Å². The number of nitrogens with zero attached hydrogens (tertiary/aromatic N) is 1. The van der Waals surface area contributed by atoms with Crippen LogP contribution in [-0.4, -0.2) is 16.9 Å². The highest BCUT2D eigenvalue weighted by molar-refractivity contribution is 5.98. The van der Waals surface area contributed by atoms with Gasteiger partial charge in [0.05, 0.1) is 5.56 Å². The predicted octanol–water partition coefficient (Wildman–Crippen LogP) is 2.78. The highest BCUT2D eigenvalue weighted by Crippen LogP contribution is 2.26. The molecule has 1 aliphatic carbocycles. The Bertz CT molecular complexity index is 417. The van der Waals surface area contributed by atoms with Crippen LogP contribution in [0.25, 0.3) is 0 Å². The van der Waals surface area contributed by atoms with Gasteiger partial charge in [-0.25, -0.2) is 0 Å². The Kier molecular flexibility index (Phi) is 6.09. The molecule has 1 aliphatic rings. The van der Waals surface area contributed by atoms with Crippen LogP contribution >= 0.6 is 12.4 Å². The van der Waals surface area contributed by atoms with Crippen LogP contribution in [0.1, 0.15) is 49.4 Å². The van der Waals surface area contributed by atoms with Crippen molar-refractivity contribution in [2.24, 2.45) is 5.92 Å². The molecule has 1 heterocycles. The molecule has 0 bridgehead atoms. The quantitative estimate of drug-likeness (QED) is 0.896. The predicted molar refractivity (Wildman–Crippen MR) is 79.4 cm³/mol. The summed E-state index contributed by atoms with van der Waals surface area (Å²) in [4.78, 5) is 16.0. The summed E-state index contributed by atoms with van der Waals surface area (Å²) in [5, 5.41) is 3.06. The van der Waals surface area contributed by atoms with Gasteiger partial charge in [-0.1, -0.05) is 13.3 Å². The lowest BCUT2D eigenvalue weighted by atomic mass is 9.84. The first-order valence-corrected chi connectivity index (χ1v) is 6.71. The first kappa shape index (κ1) is 15.8. The maximum absolute atomic E-state index is 12.1. The Morgan fingerprint density at radius 3 is 2.68 bits per heavy atom. The van der Waals surface area contributed by atoms with Crippen LogP contribution in [0.3, 0.4) is 0 Å². The minimum absolute atomic E-state index is 0. The molecule has 4 nitrogen and oxygen atoms in total. The van der Waals surface area contributed by atoms with E-state index in [1.807, 2.05) is 0 Å². The number of nitrogens with two attached hydrogens (primary N) is 1. The fourth-order valence-corrected chi connectivity index (χ4v) is 2.57. The number of amides is 1. The third kappa shape index (κ3) is 4.10. The first-order valence-electron chi connectivity index (χ1n) is 6.71. The van der Waals surface area contributed by atoms with Crippen LogP contribution in [0, 0.1) is 5.92 Å². The number of nitrogen functional groups attached to an aromatic ring is 1. The van der Waals surface area contributed by atoms with Crippen LogP contribution < -0.4 is 11.1 Å². The molecule has 0 aromatic carbocycles. The summed E-state index contributed by atoms with van der Waals surface area (Å²) in [5.41, 5.74) is 6.74. The molecule has 0 atom stereocenters. The number of rotatable bonds is 3. The van der Waals surface area contributed by atoms with E-state index in [0.717, 1.165) is 18.8 Å². The topological polar surface area (TPSA) is 68.0 Å². The molecule has 19 heavy (non-hydrogen) atoms. The summed E-state index contributed by atoms with van der Waals surface area (Å²) in [6, 6.07) is 1.95. The number of hydrogen-bond acceptors (Lipinski definition) is 3. The van der Waals surface area contributed by atoms with Crippen molar-refractivity contribution in [1.82, 2.24) is 10.3 Å². The smallest absolute Gasteiger partial charge is 0.255 e. The Balaban J connectivity index is 0.00000180. The zero-order valence-electron chi connectivity index (χ0n) is 11.3. The van der Waals surface area contributed by atoms with Crippen molar-refractivity contribution in [2.75, 3.05) is 5.73 Å². The van der Waals surface area contributed by atoms with E-state index >= 15 is 0 Å². The molecule has 1 aromatic heterocycles. The van der Waals surface area contributed by atoms with Gasteiger partial charge in [-0.15, -0.1) is 12.4 Å². The fourth-order valence-electron chi connectivity index (χ4n) is 2.57. The largest absolute Gasteiger partial charge is 0.398 e. The molecule has 1 amide bonds. The lowest BCUT2D eigenvalue weighted by Gasteiger charge is -2.28. The van der Waals surface area contributed by atoms with E-state index in [1.165, 1.54) is 25.5 Å². The van der Waals surface area contributed by atoms with Crippen molar-refractivity contribution >= 4 is 24.0 Å². The summed E-state index contributed by atoms with van der Waals surface area (Å²) in [7, 11) is 0. The van der Waals surface area contributed by atoms with Gasteiger partial charge in [0.1, 0.15) is 0 Å². The van der Waals surface area contributed by atoms with Crippen LogP contribution in [0.15, 0.2) is 18.5 Å². The summed E-state index contributed by atoms with van der Waals surface area (Å²) in [6.07, 6.45) is 8.94. The Hall–Kier alpha value is -1.29. The molecule has 1 saturated carbocycles. The average molecular weight is 284 g/mol. The molecule has 0 radical (unpaired) electrons. The van der Waals surface area contributed by atoms with E-state index in [9.17, 15) is 4.79 Å². The molecular formula is C14H22ClN3O. The highest BCUT2D eigenvalue weighted by Gasteiger charge is 2.22. The van der Waals surface area contributed by atoms with Gasteiger partial charge in [0.15, 0.2) is 0 Å². The minimum atomic E-state index is -0.0967. The number of anilines is 1. The van der Waals surface area contributed by atoms with E-state index in [1.54, 1.807) is 12.3 Å². The number of halogens is 1. The number of carbonyl (C=O) groups excluding carboxylic acids is 1. The number of aromatic nitrogens is 1. The van der Waals surface area contributed by atoms with Crippen LogP contribution in [-0.2, 0) is 0 Å². The second-order valence-corrected chi connectivity index (χ2v) is 5.06. The standard InChI is InChI=1S/C14H21N3O.ClH/c1-2-10-3-5-11(6-4-10)17-14(18)12-9-16-8-7-13(12)15;/h7-11H,2-6H2,1H3,(H2,15,16)(H,17,18);1H. The minimum Gasteiger partial charge on any atom is -0.398 e. The van der Waals surface area contributed by atoms with Gasteiger partial charge < -0.3 is 11.1 Å². The third-order valence-corrected chi connectivity index (χ3v) is 3.86. The van der Waals surface area contributed by atoms with E-state index in [-0.39, 0.29) is 18.3 Å². The van der Waals surface area contributed by atoms with Crippen molar-refractivity contribution < 1.29 is 4.79 Å². The average Bonchev–Trinajstić information content (AvgIpc) is 2.40. The van der Waals surface area contributed by atoms with Gasteiger partial charge in [0.2, 0.25) is 0 Å². The second kappa shape index (κ2) is 7.34. The van der Waals surface area contributed by atoms with E-state index in [0.29, 0.717) is 17.3 Å². The van der Waals surface area contributed by atoms with Crippen molar-refractivity contribution in [1.29, 1.82) is 0 Å². The van der Waals surface area contributed by atoms with Gasteiger partial charge in [-0.2, -0.15) is 0 Å².